The molecule has 0 fully saturated rings. The van der Waals surface area contributed by atoms with Crippen LogP contribution in [0.5, 0.6) is 0 Å². The van der Waals surface area contributed by atoms with Crippen molar-refractivity contribution in [3.05, 3.63) is 0 Å². The average Bonchev–Trinajstić information content (AvgIpc) is 1.41. The van der Waals surface area contributed by atoms with Gasteiger partial charge in [0, 0.05) is 13.6 Å². The lowest BCUT2D eigenvalue weighted by Crippen LogP contribution is -1.99. The van der Waals surface area contributed by atoms with Crippen molar-refractivity contribution in [3.63, 3.8) is 0 Å². The van der Waals surface area contributed by atoms with Crippen molar-refractivity contribution in [1.82, 2.24) is 5.32 Å². The average molecular weight is 76.1 g/mol. The van der Waals surface area contributed by atoms with E-state index in [4.69, 9.17) is 0 Å². The summed E-state index contributed by atoms with van der Waals surface area (Å²) in [7, 11) is 1.60. The van der Waals surface area contributed by atoms with Crippen LogP contribution in [0.25, 0.3) is 0 Å². The monoisotopic (exact) mass is 76.1 g/mol. The molecule has 0 bridgehead atoms. The van der Waals surface area contributed by atoms with Crippen LogP contribution in [0.3, 0.4) is 0 Å². The Morgan fingerprint density at radius 1 is 1.80 bits per heavy atom. The molecular weight excluding hydrogens is 69.0 g/mol. The lowest BCUT2D eigenvalue weighted by molar-refractivity contribution is 0.478. The van der Waals surface area contributed by atoms with E-state index < -0.39 is 0 Å². The summed E-state index contributed by atoms with van der Waals surface area (Å²) in [6, 6.07) is 0. The molecule has 0 aromatic heterocycles. The fourth-order valence-electron chi connectivity index (χ4n) is 0.0845. The number of halogens is 1. The first-order valence-corrected chi connectivity index (χ1v) is 1.53. The Morgan fingerprint density at radius 3 is 2.40 bits per heavy atom. The third-order valence-electron chi connectivity index (χ3n) is 0.308. The molecular formula is C3H7FN. The van der Waals surface area contributed by atoms with Gasteiger partial charge in [-0.25, -0.2) is 9.71 Å². The molecule has 0 spiro atoms. The van der Waals surface area contributed by atoms with Crippen molar-refractivity contribution < 1.29 is 4.39 Å². The van der Waals surface area contributed by atoms with Crippen LogP contribution in [0.2, 0.25) is 0 Å². The Hall–Kier alpha value is -0.110. The lowest BCUT2D eigenvalue weighted by Gasteiger charge is -1.78. The molecule has 0 aliphatic carbocycles. The van der Waals surface area contributed by atoms with Gasteiger partial charge in [0.25, 0.3) is 0 Å². The van der Waals surface area contributed by atoms with E-state index in [1.165, 1.54) is 0 Å². The lowest BCUT2D eigenvalue weighted by atomic mass is 10.7. The molecule has 0 unspecified atom stereocenters. The van der Waals surface area contributed by atoms with Crippen molar-refractivity contribution in [2.45, 2.75) is 0 Å². The minimum absolute atomic E-state index is 0.323. The maximum absolute atomic E-state index is 10.9. The molecule has 0 aromatic rings. The minimum Gasteiger partial charge on any atom is -0.250 e. The number of alkyl halides is 1. The van der Waals surface area contributed by atoms with Crippen LogP contribution in [-0.4, -0.2) is 20.3 Å². The van der Waals surface area contributed by atoms with Gasteiger partial charge in [-0.15, -0.1) is 0 Å². The Balaban J connectivity index is 2.19. The number of hydrogen-bond donors (Lipinski definition) is 0. The summed E-state index contributed by atoms with van der Waals surface area (Å²) in [5.41, 5.74) is 0. The highest BCUT2D eigenvalue weighted by molar-refractivity contribution is 4.27. The van der Waals surface area contributed by atoms with E-state index in [0.29, 0.717) is 6.54 Å². The van der Waals surface area contributed by atoms with Crippen molar-refractivity contribution in [2.75, 3.05) is 20.3 Å². The van der Waals surface area contributed by atoms with Gasteiger partial charge in [-0.05, 0) is 0 Å². The van der Waals surface area contributed by atoms with Crippen LogP contribution < -0.4 is 5.32 Å². The zero-order chi connectivity index (χ0) is 4.12. The highest BCUT2D eigenvalue weighted by Gasteiger charge is 1.70. The molecule has 1 radical (unpaired) electrons. The van der Waals surface area contributed by atoms with E-state index in [2.05, 4.69) is 5.32 Å². The van der Waals surface area contributed by atoms with Gasteiger partial charge in [-0.3, -0.25) is 0 Å². The van der Waals surface area contributed by atoms with Gasteiger partial charge in [0.15, 0.2) is 0 Å². The molecule has 0 amide bonds. The van der Waals surface area contributed by atoms with Gasteiger partial charge in [-0.1, -0.05) is 0 Å². The van der Waals surface area contributed by atoms with E-state index in [9.17, 15) is 4.39 Å². The minimum atomic E-state index is -0.323. The summed E-state index contributed by atoms with van der Waals surface area (Å²) in [5.74, 6) is 0. The summed E-state index contributed by atoms with van der Waals surface area (Å²) in [6.45, 7) is 0.0243. The number of rotatable bonds is 2. The highest BCUT2D eigenvalue weighted by atomic mass is 19.1. The van der Waals surface area contributed by atoms with Crippen LogP contribution in [-0.2, 0) is 0 Å². The summed E-state index contributed by atoms with van der Waals surface area (Å²) >= 11 is 0. The predicted molar refractivity (Wildman–Crippen MR) is 18.9 cm³/mol. The van der Waals surface area contributed by atoms with E-state index in [0.717, 1.165) is 0 Å². The molecule has 1 nitrogen and oxygen atoms in total. The van der Waals surface area contributed by atoms with Crippen LogP contribution in [0.15, 0.2) is 0 Å². The normalized spacial score (nSPS) is 8.40. The van der Waals surface area contributed by atoms with Crippen molar-refractivity contribution in [1.29, 1.82) is 0 Å². The SMILES string of the molecule is C[N]CCF. The largest absolute Gasteiger partial charge is 0.250 e. The van der Waals surface area contributed by atoms with Gasteiger partial charge in [0.2, 0.25) is 0 Å². The summed E-state index contributed by atoms with van der Waals surface area (Å²) in [6.07, 6.45) is 0. The fraction of sp³-hybridized carbons (Fsp3) is 1.00. The van der Waals surface area contributed by atoms with Crippen LogP contribution >= 0.6 is 0 Å². The van der Waals surface area contributed by atoms with Gasteiger partial charge in [0.1, 0.15) is 6.67 Å². The second-order valence-electron chi connectivity index (χ2n) is 0.729. The van der Waals surface area contributed by atoms with Gasteiger partial charge < -0.3 is 0 Å². The summed E-state index contributed by atoms with van der Waals surface area (Å²) in [4.78, 5) is 0. The first kappa shape index (κ1) is 4.89. The topological polar surface area (TPSA) is 14.1 Å². The number of hydrogen-bond acceptors (Lipinski definition) is 0. The fourth-order valence-corrected chi connectivity index (χ4v) is 0.0845. The van der Waals surface area contributed by atoms with Crippen LogP contribution in [0.1, 0.15) is 0 Å². The Labute approximate surface area is 31.2 Å². The first-order valence-electron chi connectivity index (χ1n) is 1.53. The van der Waals surface area contributed by atoms with E-state index in [1.54, 1.807) is 7.05 Å². The second kappa shape index (κ2) is 3.89. The maximum atomic E-state index is 10.9. The van der Waals surface area contributed by atoms with Crippen molar-refractivity contribution in [3.8, 4) is 0 Å². The Bertz CT molecular complexity index is 14.4. The highest BCUT2D eigenvalue weighted by Crippen LogP contribution is 1.57. The molecule has 0 atom stereocenters. The number of nitrogens with zero attached hydrogens (tertiary/aromatic N) is 1. The second-order valence-corrected chi connectivity index (χ2v) is 0.729. The Kier molecular flexibility index (Phi) is 3.80. The maximum Gasteiger partial charge on any atom is 0.103 e. The smallest absolute Gasteiger partial charge is 0.103 e. The van der Waals surface area contributed by atoms with Crippen LogP contribution in [0.4, 0.5) is 4.39 Å². The molecule has 2 heteroatoms. The van der Waals surface area contributed by atoms with Gasteiger partial charge in [-0.2, -0.15) is 0 Å². The van der Waals surface area contributed by atoms with Crippen molar-refractivity contribution in [2.24, 2.45) is 0 Å². The standard InChI is InChI=1S/C3H7FN/c1-5-3-2-4/h2-3H2,1H3. The molecule has 0 saturated heterocycles. The zero-order valence-electron chi connectivity index (χ0n) is 3.24. The first-order chi connectivity index (χ1) is 2.41. The quantitative estimate of drug-likeness (QED) is 0.446. The molecule has 5 heavy (non-hydrogen) atoms. The van der Waals surface area contributed by atoms with Gasteiger partial charge >= 0.3 is 0 Å². The molecule has 0 N–H and O–H groups in total. The predicted octanol–water partition coefficient (Wildman–Crippen LogP) is 0.190. The molecule has 0 rings (SSSR count). The molecule has 0 saturated carbocycles. The molecule has 31 valence electrons. The van der Waals surface area contributed by atoms with E-state index in [1.807, 2.05) is 0 Å². The summed E-state index contributed by atoms with van der Waals surface area (Å²) < 4.78 is 10.9. The van der Waals surface area contributed by atoms with Crippen molar-refractivity contribution >= 4 is 0 Å². The van der Waals surface area contributed by atoms with E-state index >= 15 is 0 Å². The third-order valence-corrected chi connectivity index (χ3v) is 0.308. The molecule has 0 aliphatic heterocycles. The zero-order valence-corrected chi connectivity index (χ0v) is 3.24. The third kappa shape index (κ3) is 3.89. The molecule has 0 aliphatic rings. The Morgan fingerprint density at radius 2 is 2.40 bits per heavy atom. The molecule has 0 heterocycles. The van der Waals surface area contributed by atoms with E-state index in [-0.39, 0.29) is 6.67 Å². The summed E-state index contributed by atoms with van der Waals surface area (Å²) in [5, 5.41) is 3.48. The van der Waals surface area contributed by atoms with Crippen LogP contribution in [0, 0.1) is 0 Å². The van der Waals surface area contributed by atoms with Gasteiger partial charge in [0.05, 0.1) is 0 Å². The molecule has 0 aromatic carbocycles.